The van der Waals surface area contributed by atoms with Gasteiger partial charge in [-0.05, 0) is 41.8 Å². The minimum Gasteiger partial charge on any atom is -0.323 e. The predicted octanol–water partition coefficient (Wildman–Crippen LogP) is 3.59. The van der Waals surface area contributed by atoms with Crippen LogP contribution in [-0.2, 0) is 17.2 Å². The molecule has 0 aromatic heterocycles. The number of benzene rings is 2. The van der Waals surface area contributed by atoms with E-state index in [4.69, 9.17) is 5.73 Å². The lowest BCUT2D eigenvalue weighted by Gasteiger charge is -2.12. The summed E-state index contributed by atoms with van der Waals surface area (Å²) in [6.45, 7) is 2.14. The van der Waals surface area contributed by atoms with E-state index in [1.54, 1.807) is 12.1 Å². The van der Waals surface area contributed by atoms with Gasteiger partial charge in [-0.25, -0.2) is 4.39 Å². The van der Waals surface area contributed by atoms with Gasteiger partial charge in [-0.2, -0.15) is 0 Å². The minimum atomic E-state index is -1.22. The third-order valence-corrected chi connectivity index (χ3v) is 4.81. The Morgan fingerprint density at radius 1 is 1.10 bits per heavy atom. The molecule has 112 valence electrons. The third kappa shape index (κ3) is 4.48. The maximum Gasteiger partial charge on any atom is 0.123 e. The van der Waals surface area contributed by atoms with E-state index >= 15 is 0 Å². The van der Waals surface area contributed by atoms with Gasteiger partial charge < -0.3 is 5.73 Å². The van der Waals surface area contributed by atoms with Gasteiger partial charge in [0.05, 0.1) is 10.8 Å². The normalized spacial score (nSPS) is 13.9. The van der Waals surface area contributed by atoms with Crippen molar-refractivity contribution in [1.82, 2.24) is 0 Å². The van der Waals surface area contributed by atoms with Crippen molar-refractivity contribution < 1.29 is 8.60 Å². The minimum absolute atomic E-state index is 0.286. The van der Waals surface area contributed by atoms with Crippen LogP contribution in [0.5, 0.6) is 0 Å². The lowest BCUT2D eigenvalue weighted by atomic mass is 10.0. The van der Waals surface area contributed by atoms with Crippen LogP contribution in [0.15, 0.2) is 53.4 Å². The number of hydrogen-bond acceptors (Lipinski definition) is 2. The molecule has 2 N–H and O–H groups in total. The van der Waals surface area contributed by atoms with Gasteiger partial charge >= 0.3 is 0 Å². The van der Waals surface area contributed by atoms with E-state index in [0.29, 0.717) is 10.6 Å². The second-order valence-electron chi connectivity index (χ2n) is 5.06. The summed E-state index contributed by atoms with van der Waals surface area (Å²) >= 11 is 0. The highest BCUT2D eigenvalue weighted by atomic mass is 32.2. The first-order valence-electron chi connectivity index (χ1n) is 7.08. The summed E-state index contributed by atoms with van der Waals surface area (Å²) in [5.74, 6) is 0.00484. The monoisotopic (exact) mass is 305 g/mol. The van der Waals surface area contributed by atoms with Gasteiger partial charge in [-0.1, -0.05) is 37.6 Å². The van der Waals surface area contributed by atoms with Crippen molar-refractivity contribution in [1.29, 1.82) is 0 Å². The predicted molar refractivity (Wildman–Crippen MR) is 85.0 cm³/mol. The van der Waals surface area contributed by atoms with Crippen molar-refractivity contribution in [2.24, 2.45) is 5.73 Å². The standard InChI is InChI=1S/C17H20FNOS/c1-2-3-13-4-6-14(7-5-13)17(19)12-21(20)16-10-8-15(18)9-11-16/h4-11,17H,2-3,12,19H2,1H3. The Morgan fingerprint density at radius 2 is 1.71 bits per heavy atom. The van der Waals surface area contributed by atoms with Gasteiger partial charge in [0.25, 0.3) is 0 Å². The lowest BCUT2D eigenvalue weighted by molar-refractivity contribution is 0.626. The largest absolute Gasteiger partial charge is 0.323 e. The molecule has 2 aromatic carbocycles. The van der Waals surface area contributed by atoms with Crippen LogP contribution in [0.3, 0.4) is 0 Å². The van der Waals surface area contributed by atoms with Crippen LogP contribution in [0.4, 0.5) is 4.39 Å². The van der Waals surface area contributed by atoms with Gasteiger partial charge in [0.1, 0.15) is 5.82 Å². The second kappa shape index (κ2) is 7.48. The summed E-state index contributed by atoms with van der Waals surface area (Å²) in [7, 11) is -1.22. The Bertz CT molecular complexity index is 595. The maximum atomic E-state index is 12.9. The van der Waals surface area contributed by atoms with E-state index in [1.165, 1.54) is 17.7 Å². The fourth-order valence-electron chi connectivity index (χ4n) is 2.16. The molecular formula is C17H20FNOS. The van der Waals surface area contributed by atoms with Gasteiger partial charge in [0, 0.05) is 16.7 Å². The molecular weight excluding hydrogens is 285 g/mol. The first kappa shape index (κ1) is 15.9. The Balaban J connectivity index is 2.01. The number of nitrogens with two attached hydrogens (primary N) is 1. The first-order valence-corrected chi connectivity index (χ1v) is 8.40. The molecule has 0 amide bonds. The Labute approximate surface area is 127 Å². The molecule has 2 unspecified atom stereocenters. The number of halogens is 1. The molecule has 0 radical (unpaired) electrons. The summed E-state index contributed by atoms with van der Waals surface area (Å²) < 4.78 is 25.1. The highest BCUT2D eigenvalue weighted by molar-refractivity contribution is 7.85. The van der Waals surface area contributed by atoms with E-state index < -0.39 is 10.8 Å². The van der Waals surface area contributed by atoms with E-state index in [-0.39, 0.29) is 11.9 Å². The molecule has 0 aliphatic heterocycles. The van der Waals surface area contributed by atoms with Crippen molar-refractivity contribution in [3.8, 4) is 0 Å². The van der Waals surface area contributed by atoms with Crippen molar-refractivity contribution in [2.75, 3.05) is 5.75 Å². The quantitative estimate of drug-likeness (QED) is 0.886. The van der Waals surface area contributed by atoms with Crippen molar-refractivity contribution in [2.45, 2.75) is 30.7 Å². The van der Waals surface area contributed by atoms with Crippen molar-refractivity contribution in [3.05, 3.63) is 65.5 Å². The zero-order valence-corrected chi connectivity index (χ0v) is 12.9. The highest BCUT2D eigenvalue weighted by Crippen LogP contribution is 2.17. The number of aryl methyl sites for hydroxylation is 1. The summed E-state index contributed by atoms with van der Waals surface area (Å²) in [4.78, 5) is 0.606. The van der Waals surface area contributed by atoms with Crippen molar-refractivity contribution >= 4 is 10.8 Å². The average Bonchev–Trinajstić information content (AvgIpc) is 2.49. The number of hydrogen-bond donors (Lipinski definition) is 1. The van der Waals surface area contributed by atoms with E-state index in [9.17, 15) is 8.60 Å². The fraction of sp³-hybridized carbons (Fsp3) is 0.294. The molecule has 0 bridgehead atoms. The molecule has 0 saturated carbocycles. The topological polar surface area (TPSA) is 43.1 Å². The van der Waals surface area contributed by atoms with E-state index in [2.05, 4.69) is 19.1 Å². The molecule has 4 heteroatoms. The smallest absolute Gasteiger partial charge is 0.123 e. The molecule has 0 fully saturated rings. The van der Waals surface area contributed by atoms with Gasteiger partial charge in [0.15, 0.2) is 0 Å². The molecule has 2 atom stereocenters. The summed E-state index contributed by atoms with van der Waals surface area (Å²) in [6.07, 6.45) is 2.16. The molecule has 2 rings (SSSR count). The summed E-state index contributed by atoms with van der Waals surface area (Å²) in [6, 6.07) is 13.6. The Kier molecular flexibility index (Phi) is 5.65. The SMILES string of the molecule is CCCc1ccc(C(N)CS(=O)c2ccc(F)cc2)cc1. The molecule has 0 aliphatic rings. The molecule has 21 heavy (non-hydrogen) atoms. The fourth-order valence-corrected chi connectivity index (χ4v) is 3.31. The molecule has 2 nitrogen and oxygen atoms in total. The van der Waals surface area contributed by atoms with Crippen LogP contribution in [0.2, 0.25) is 0 Å². The van der Waals surface area contributed by atoms with E-state index in [0.717, 1.165) is 18.4 Å². The summed E-state index contributed by atoms with van der Waals surface area (Å²) in [5.41, 5.74) is 8.38. The molecule has 0 saturated heterocycles. The van der Waals surface area contributed by atoms with Crippen LogP contribution >= 0.6 is 0 Å². The van der Waals surface area contributed by atoms with Crippen molar-refractivity contribution in [3.63, 3.8) is 0 Å². The molecule has 0 aliphatic carbocycles. The second-order valence-corrected chi connectivity index (χ2v) is 6.56. The first-order chi connectivity index (χ1) is 10.1. The van der Waals surface area contributed by atoms with Crippen LogP contribution < -0.4 is 5.73 Å². The number of rotatable bonds is 6. The highest BCUT2D eigenvalue weighted by Gasteiger charge is 2.12. The lowest BCUT2D eigenvalue weighted by Crippen LogP contribution is -2.18. The zero-order chi connectivity index (χ0) is 15.2. The van der Waals surface area contributed by atoms with Crippen LogP contribution in [0.1, 0.15) is 30.5 Å². The van der Waals surface area contributed by atoms with E-state index in [1.807, 2.05) is 12.1 Å². The average molecular weight is 305 g/mol. The molecule has 0 heterocycles. The van der Waals surface area contributed by atoms with Crippen LogP contribution in [0, 0.1) is 5.82 Å². The molecule has 0 spiro atoms. The Hall–Kier alpha value is -1.52. The third-order valence-electron chi connectivity index (χ3n) is 3.35. The van der Waals surface area contributed by atoms with Crippen LogP contribution in [-0.4, -0.2) is 9.96 Å². The molecule has 2 aromatic rings. The van der Waals surface area contributed by atoms with Gasteiger partial charge in [0.2, 0.25) is 0 Å². The van der Waals surface area contributed by atoms with Crippen LogP contribution in [0.25, 0.3) is 0 Å². The maximum absolute atomic E-state index is 12.9. The zero-order valence-electron chi connectivity index (χ0n) is 12.1. The summed E-state index contributed by atoms with van der Waals surface area (Å²) in [5, 5.41) is 0. The van der Waals surface area contributed by atoms with Gasteiger partial charge in [-0.3, -0.25) is 4.21 Å². The van der Waals surface area contributed by atoms with Gasteiger partial charge in [-0.15, -0.1) is 0 Å². The Morgan fingerprint density at radius 3 is 2.29 bits per heavy atom.